The van der Waals surface area contributed by atoms with Crippen molar-refractivity contribution in [3.8, 4) is 5.75 Å². The van der Waals surface area contributed by atoms with Gasteiger partial charge in [-0.25, -0.2) is 9.78 Å². The number of carbonyl (C=O) groups is 1. The van der Waals surface area contributed by atoms with Gasteiger partial charge in [0.2, 0.25) is 5.95 Å². The quantitative estimate of drug-likeness (QED) is 0.431. The van der Waals surface area contributed by atoms with Gasteiger partial charge in [-0.15, -0.1) is 0 Å². The smallest absolute Gasteiger partial charge is 0.404 e. The molecule has 2 aromatic rings. The Morgan fingerprint density at radius 3 is 2.82 bits per heavy atom. The normalized spacial score (nSPS) is 24.6. The van der Waals surface area contributed by atoms with Crippen LogP contribution in [0.3, 0.4) is 0 Å². The van der Waals surface area contributed by atoms with Crippen LogP contribution in [0.1, 0.15) is 24.8 Å². The van der Waals surface area contributed by atoms with Gasteiger partial charge in [-0.2, -0.15) is 4.98 Å². The minimum absolute atomic E-state index is 0.0989. The molecule has 2 aliphatic carbocycles. The minimum atomic E-state index is -0.757. The number of nitrogens with one attached hydrogen (secondary N) is 2. The van der Waals surface area contributed by atoms with Crippen LogP contribution in [0.15, 0.2) is 18.3 Å². The number of fused-ring (bicyclic) bond motifs is 3. The van der Waals surface area contributed by atoms with Crippen molar-refractivity contribution in [3.05, 3.63) is 28.9 Å². The van der Waals surface area contributed by atoms with Gasteiger partial charge in [-0.3, -0.25) is 4.90 Å². The number of amides is 1. The highest BCUT2D eigenvalue weighted by Crippen LogP contribution is 2.47. The molecular formula is C26H36ClN7O4. The van der Waals surface area contributed by atoms with E-state index in [1.54, 1.807) is 20.4 Å². The third-order valence-electron chi connectivity index (χ3n) is 7.96. The molecule has 0 radical (unpaired) electrons. The predicted molar refractivity (Wildman–Crippen MR) is 146 cm³/mol. The molecule has 0 spiro atoms. The van der Waals surface area contributed by atoms with Crippen molar-refractivity contribution in [2.75, 3.05) is 63.0 Å². The number of benzene rings is 1. The van der Waals surface area contributed by atoms with E-state index < -0.39 is 6.09 Å². The van der Waals surface area contributed by atoms with Gasteiger partial charge in [0.1, 0.15) is 16.9 Å². The van der Waals surface area contributed by atoms with Crippen molar-refractivity contribution in [3.63, 3.8) is 0 Å². The fourth-order valence-corrected chi connectivity index (χ4v) is 6.20. The van der Waals surface area contributed by atoms with E-state index in [4.69, 9.17) is 31.5 Å². The number of nitrogens with two attached hydrogens (primary N) is 1. The first-order valence-electron chi connectivity index (χ1n) is 13.0. The first-order valence-corrected chi connectivity index (χ1v) is 13.4. The molecule has 12 heteroatoms. The van der Waals surface area contributed by atoms with Crippen LogP contribution in [0.2, 0.25) is 5.02 Å². The largest absolute Gasteiger partial charge is 0.495 e. The number of hydrogen-bond donors (Lipinski definition) is 3. The molecule has 206 valence electrons. The molecule has 11 nitrogen and oxygen atoms in total. The Bertz CT molecular complexity index is 1170. The van der Waals surface area contributed by atoms with Crippen LogP contribution in [0.5, 0.6) is 5.75 Å². The summed E-state index contributed by atoms with van der Waals surface area (Å²) in [6.07, 6.45) is 3.60. The Labute approximate surface area is 228 Å². The lowest BCUT2D eigenvalue weighted by Crippen LogP contribution is -2.43. The minimum Gasteiger partial charge on any atom is -0.495 e. The van der Waals surface area contributed by atoms with Gasteiger partial charge in [-0.1, -0.05) is 11.6 Å². The third kappa shape index (κ3) is 5.55. The van der Waals surface area contributed by atoms with Gasteiger partial charge in [0, 0.05) is 46.0 Å². The lowest BCUT2D eigenvalue weighted by molar-refractivity contribution is 0.0643. The Hall–Kier alpha value is -3.02. The number of ether oxygens (including phenoxy) is 3. The highest BCUT2D eigenvalue weighted by atomic mass is 35.5. The van der Waals surface area contributed by atoms with E-state index in [0.29, 0.717) is 41.0 Å². The molecule has 1 aromatic carbocycles. The molecule has 0 saturated heterocycles. The average molecular weight is 546 g/mol. The molecule has 4 unspecified atom stereocenters. The van der Waals surface area contributed by atoms with E-state index in [2.05, 4.69) is 49.6 Å². The van der Waals surface area contributed by atoms with E-state index in [0.717, 1.165) is 56.8 Å². The van der Waals surface area contributed by atoms with E-state index in [9.17, 15) is 4.79 Å². The molecule has 5 rings (SSSR count). The number of anilines is 4. The van der Waals surface area contributed by atoms with Crippen LogP contribution >= 0.6 is 11.6 Å². The monoisotopic (exact) mass is 545 g/mol. The molecule has 2 bridgehead atoms. The van der Waals surface area contributed by atoms with E-state index in [1.807, 2.05) is 0 Å². The Kier molecular flexibility index (Phi) is 7.96. The summed E-state index contributed by atoms with van der Waals surface area (Å²) in [7, 11) is 5.47. The van der Waals surface area contributed by atoms with Gasteiger partial charge in [0.15, 0.2) is 5.82 Å². The summed E-state index contributed by atoms with van der Waals surface area (Å²) in [5, 5.41) is 7.13. The second-order valence-corrected chi connectivity index (χ2v) is 10.7. The fraction of sp³-hybridized carbons (Fsp3) is 0.577. The number of methoxy groups -OCH3 is 2. The Morgan fingerprint density at radius 2 is 2.05 bits per heavy atom. The van der Waals surface area contributed by atoms with Crippen molar-refractivity contribution in [2.45, 2.75) is 38.0 Å². The number of hydrogen-bond acceptors (Lipinski definition) is 10. The Morgan fingerprint density at radius 1 is 1.24 bits per heavy atom. The SMILES string of the molecule is COCCN1CCN(C)c2cc(Nc3ncc(Cl)c(NC4C5CCC(C5)C4OC(N)=O)n3)c(OC)cc2C1. The van der Waals surface area contributed by atoms with Crippen molar-refractivity contribution in [2.24, 2.45) is 17.6 Å². The van der Waals surface area contributed by atoms with Crippen LogP contribution in [-0.2, 0) is 16.0 Å². The second-order valence-electron chi connectivity index (χ2n) is 10.3. The second kappa shape index (κ2) is 11.4. The summed E-state index contributed by atoms with van der Waals surface area (Å²) in [4.78, 5) is 25.2. The van der Waals surface area contributed by atoms with Gasteiger partial charge >= 0.3 is 6.09 Å². The van der Waals surface area contributed by atoms with Crippen LogP contribution in [0.25, 0.3) is 0 Å². The number of halogens is 1. The number of primary amides is 1. The highest BCUT2D eigenvalue weighted by molar-refractivity contribution is 6.32. The fourth-order valence-electron chi connectivity index (χ4n) is 6.05. The summed E-state index contributed by atoms with van der Waals surface area (Å²) < 4.78 is 16.5. The van der Waals surface area contributed by atoms with Crippen molar-refractivity contribution in [1.29, 1.82) is 0 Å². The number of aromatic nitrogens is 2. The number of nitrogens with zero attached hydrogens (tertiary/aromatic N) is 4. The summed E-state index contributed by atoms with van der Waals surface area (Å²) in [5.74, 6) is 2.23. The van der Waals surface area contributed by atoms with E-state index in [-0.39, 0.29) is 12.1 Å². The topological polar surface area (TPSA) is 127 Å². The maximum absolute atomic E-state index is 11.5. The molecule has 4 N–H and O–H groups in total. The Balaban J connectivity index is 1.37. The molecule has 1 amide bonds. The maximum Gasteiger partial charge on any atom is 0.404 e. The lowest BCUT2D eigenvalue weighted by atomic mass is 9.92. The lowest BCUT2D eigenvalue weighted by Gasteiger charge is -2.31. The summed E-state index contributed by atoms with van der Waals surface area (Å²) in [5.41, 5.74) is 8.41. The number of carbonyl (C=O) groups excluding carboxylic acids is 1. The summed E-state index contributed by atoms with van der Waals surface area (Å²) in [6, 6.07) is 4.04. The standard InChI is InChI=1S/C26H36ClN7O4/c1-33-6-7-34(8-9-36-2)14-17-11-21(37-3)19(12-20(17)33)30-26-29-13-18(27)24(32-26)31-22-15-4-5-16(10-15)23(22)38-25(28)35/h11-13,15-16,22-23H,4-10,14H2,1-3H3,(H2,28,35)(H2,29,30,31,32). The van der Waals surface area contributed by atoms with Crippen LogP contribution < -0.4 is 26.0 Å². The number of likely N-dealkylation sites (N-methyl/N-ethyl adjacent to an activating group) is 1. The van der Waals surface area contributed by atoms with Gasteiger partial charge in [-0.05, 0) is 48.8 Å². The molecule has 2 saturated carbocycles. The molecule has 1 aliphatic heterocycles. The molecule has 1 aromatic heterocycles. The molecule has 2 fully saturated rings. The van der Waals surface area contributed by atoms with E-state index >= 15 is 0 Å². The zero-order valence-electron chi connectivity index (χ0n) is 22.1. The summed E-state index contributed by atoms with van der Waals surface area (Å²) in [6.45, 7) is 4.21. The van der Waals surface area contributed by atoms with Crippen molar-refractivity contribution in [1.82, 2.24) is 14.9 Å². The van der Waals surface area contributed by atoms with Crippen LogP contribution in [0.4, 0.5) is 27.9 Å². The first-order chi connectivity index (χ1) is 18.4. The zero-order valence-corrected chi connectivity index (χ0v) is 22.8. The molecule has 3 aliphatic rings. The predicted octanol–water partition coefficient (Wildman–Crippen LogP) is 3.45. The van der Waals surface area contributed by atoms with Gasteiger partial charge in [0.25, 0.3) is 0 Å². The molecule has 2 heterocycles. The maximum atomic E-state index is 11.5. The van der Waals surface area contributed by atoms with Crippen molar-refractivity contribution < 1.29 is 19.0 Å². The third-order valence-corrected chi connectivity index (χ3v) is 8.23. The zero-order chi connectivity index (χ0) is 26.8. The van der Waals surface area contributed by atoms with Crippen LogP contribution in [-0.4, -0.2) is 80.6 Å². The molecule has 38 heavy (non-hydrogen) atoms. The highest BCUT2D eigenvalue weighted by Gasteiger charge is 2.50. The summed E-state index contributed by atoms with van der Waals surface area (Å²) >= 11 is 6.48. The molecule has 4 atom stereocenters. The van der Waals surface area contributed by atoms with Gasteiger partial charge in [0.05, 0.1) is 31.6 Å². The van der Waals surface area contributed by atoms with E-state index in [1.165, 1.54) is 5.56 Å². The van der Waals surface area contributed by atoms with Crippen molar-refractivity contribution >= 4 is 40.8 Å². The van der Waals surface area contributed by atoms with Gasteiger partial charge < -0.3 is 35.5 Å². The first kappa shape index (κ1) is 26.6. The van der Waals surface area contributed by atoms with Crippen LogP contribution in [0, 0.1) is 11.8 Å². The average Bonchev–Trinajstić information content (AvgIpc) is 3.45. The molecular weight excluding hydrogens is 510 g/mol. The number of rotatable bonds is 9.